The normalized spacial score (nSPS) is 17.8. The number of nitrogens with zero attached hydrogens (tertiary/aromatic N) is 6. The molecule has 4 aromatic heterocycles. The first kappa shape index (κ1) is 35.0. The number of ether oxygens (including phenoxy) is 2. The molecular weight excluding hydrogens is 680 g/mol. The van der Waals surface area contributed by atoms with E-state index in [-0.39, 0.29) is 42.9 Å². The zero-order valence-electron chi connectivity index (χ0n) is 26.2. The van der Waals surface area contributed by atoms with Gasteiger partial charge in [0.25, 0.3) is 0 Å². The molecule has 254 valence electrons. The predicted octanol–water partition coefficient (Wildman–Crippen LogP) is 8.47. The second-order valence-corrected chi connectivity index (χ2v) is 13.5. The van der Waals surface area contributed by atoms with Crippen LogP contribution in [0.5, 0.6) is 11.5 Å². The van der Waals surface area contributed by atoms with E-state index in [9.17, 15) is 17.6 Å². The average Bonchev–Trinajstić information content (AvgIpc) is 3.67. The summed E-state index contributed by atoms with van der Waals surface area (Å²) in [5, 5.41) is 11.8. The van der Waals surface area contributed by atoms with Gasteiger partial charge in [-0.05, 0) is 39.5 Å². The van der Waals surface area contributed by atoms with Gasteiger partial charge in [-0.1, -0.05) is 11.6 Å². The Labute approximate surface area is 282 Å². The van der Waals surface area contributed by atoms with Gasteiger partial charge >= 0.3 is 0 Å². The van der Waals surface area contributed by atoms with Crippen molar-refractivity contribution in [1.29, 1.82) is 0 Å². The summed E-state index contributed by atoms with van der Waals surface area (Å²) < 4.78 is 63.7. The molecule has 0 amide bonds. The molecule has 47 heavy (non-hydrogen) atoms. The first-order valence-corrected chi connectivity index (χ1v) is 17.1. The van der Waals surface area contributed by atoms with E-state index in [4.69, 9.17) is 21.1 Å². The molecule has 10 nitrogen and oxygen atoms in total. The Balaban J connectivity index is 0.000000185. The second-order valence-electron chi connectivity index (χ2n) is 11.5. The zero-order chi connectivity index (χ0) is 33.8. The van der Waals surface area contributed by atoms with Crippen LogP contribution in [0.3, 0.4) is 0 Å². The van der Waals surface area contributed by atoms with Crippen molar-refractivity contribution in [3.8, 4) is 33.2 Å². The SMILES string of the molecule is COc1c(Cl)nc(-c2nc(C)cs2)nc1NC1CCC(F)(F)CC1.COc1cnc(-c2nc(C)cs2)nc1NC1CCC(F)(F)CC1. The Morgan fingerprint density at radius 3 is 1.68 bits per heavy atom. The molecule has 2 aliphatic rings. The van der Waals surface area contributed by atoms with Crippen LogP contribution in [0.2, 0.25) is 5.15 Å². The van der Waals surface area contributed by atoms with Crippen LogP contribution in [-0.2, 0) is 0 Å². The summed E-state index contributed by atoms with van der Waals surface area (Å²) in [6, 6.07) is -0.139. The molecule has 0 spiro atoms. The number of rotatable bonds is 8. The van der Waals surface area contributed by atoms with E-state index in [0.29, 0.717) is 65.5 Å². The highest BCUT2D eigenvalue weighted by molar-refractivity contribution is 7.13. The van der Waals surface area contributed by atoms with Crippen LogP contribution in [0.25, 0.3) is 21.7 Å². The molecule has 0 aliphatic heterocycles. The standard InChI is InChI=1S/C15H17ClF2N4OS.C15H18F2N4OS/c1-8-7-24-14(19-8)13-21-11(16)10(23-2)12(22-13)20-9-3-5-15(17,18)6-4-9;1-9-8-23-14(19-9)13-18-7-11(22-2)12(21-13)20-10-3-5-15(16,17)6-4-10/h7,9H,3-6H2,1-2H3,(H,20,21,22);7-8,10H,3-6H2,1-2H3,(H,18,20,21). The number of aromatic nitrogens is 6. The molecule has 6 rings (SSSR count). The molecule has 2 fully saturated rings. The number of alkyl halides is 4. The molecule has 4 heterocycles. The van der Waals surface area contributed by atoms with E-state index < -0.39 is 11.8 Å². The van der Waals surface area contributed by atoms with Crippen molar-refractivity contribution >= 4 is 45.9 Å². The highest BCUT2D eigenvalue weighted by atomic mass is 35.5. The van der Waals surface area contributed by atoms with Gasteiger partial charge in [0.15, 0.2) is 50.0 Å². The van der Waals surface area contributed by atoms with E-state index in [1.807, 2.05) is 24.6 Å². The van der Waals surface area contributed by atoms with Crippen molar-refractivity contribution < 1.29 is 27.0 Å². The summed E-state index contributed by atoms with van der Waals surface area (Å²) >= 11 is 9.08. The summed E-state index contributed by atoms with van der Waals surface area (Å²) in [6.07, 6.45) is 2.66. The minimum absolute atomic E-state index is 0.0377. The number of anilines is 2. The third-order valence-electron chi connectivity index (χ3n) is 7.74. The van der Waals surface area contributed by atoms with Crippen LogP contribution in [0.1, 0.15) is 62.8 Å². The van der Waals surface area contributed by atoms with Gasteiger partial charge in [0.2, 0.25) is 11.8 Å². The van der Waals surface area contributed by atoms with Crippen molar-refractivity contribution in [2.24, 2.45) is 0 Å². The van der Waals surface area contributed by atoms with Gasteiger partial charge in [-0.3, -0.25) is 0 Å². The minimum Gasteiger partial charge on any atom is -0.491 e. The molecule has 0 atom stereocenters. The number of thiazole rings is 2. The van der Waals surface area contributed by atoms with E-state index in [2.05, 4.69) is 40.5 Å². The van der Waals surface area contributed by atoms with Crippen molar-refractivity contribution in [2.75, 3.05) is 24.9 Å². The lowest BCUT2D eigenvalue weighted by molar-refractivity contribution is -0.0366. The minimum atomic E-state index is -2.57. The Bertz CT molecular complexity index is 1650. The van der Waals surface area contributed by atoms with Gasteiger partial charge in [-0.15, -0.1) is 22.7 Å². The van der Waals surface area contributed by atoms with E-state index in [0.717, 1.165) is 16.4 Å². The van der Waals surface area contributed by atoms with Crippen molar-refractivity contribution in [3.63, 3.8) is 0 Å². The maximum atomic E-state index is 13.3. The number of halogens is 5. The molecule has 2 aliphatic carbocycles. The number of aryl methyl sites for hydroxylation is 2. The number of hydrogen-bond donors (Lipinski definition) is 2. The fourth-order valence-corrected chi connectivity index (χ4v) is 6.90. The van der Waals surface area contributed by atoms with E-state index >= 15 is 0 Å². The molecule has 0 bridgehead atoms. The van der Waals surface area contributed by atoms with Crippen LogP contribution in [0.15, 0.2) is 17.0 Å². The van der Waals surface area contributed by atoms with Crippen molar-refractivity contribution in [3.05, 3.63) is 33.5 Å². The van der Waals surface area contributed by atoms with Crippen molar-refractivity contribution in [2.45, 2.75) is 89.1 Å². The third kappa shape index (κ3) is 9.16. The van der Waals surface area contributed by atoms with Crippen LogP contribution in [0.4, 0.5) is 29.2 Å². The fraction of sp³-hybridized carbons (Fsp3) is 0.533. The van der Waals surface area contributed by atoms with Crippen LogP contribution in [0, 0.1) is 13.8 Å². The van der Waals surface area contributed by atoms with E-state index in [1.165, 1.54) is 36.9 Å². The van der Waals surface area contributed by atoms with Gasteiger partial charge in [0.05, 0.1) is 20.4 Å². The third-order valence-corrected chi connectivity index (χ3v) is 9.91. The average molecular weight is 715 g/mol. The van der Waals surface area contributed by atoms with Gasteiger partial charge in [-0.25, -0.2) is 47.5 Å². The molecule has 0 radical (unpaired) electrons. The van der Waals surface area contributed by atoms with Gasteiger partial charge in [0.1, 0.15) is 0 Å². The highest BCUT2D eigenvalue weighted by Gasteiger charge is 2.36. The summed E-state index contributed by atoms with van der Waals surface area (Å²) in [5.41, 5.74) is 1.78. The number of methoxy groups -OCH3 is 2. The Kier molecular flexibility index (Phi) is 11.0. The second kappa shape index (κ2) is 14.8. The maximum absolute atomic E-state index is 13.3. The lowest BCUT2D eigenvalue weighted by Gasteiger charge is -2.29. The molecule has 2 saturated carbocycles. The summed E-state index contributed by atoms with van der Waals surface area (Å²) in [7, 11) is 3.00. The smallest absolute Gasteiger partial charge is 0.248 e. The summed E-state index contributed by atoms with van der Waals surface area (Å²) in [5.74, 6) is -2.47. The van der Waals surface area contributed by atoms with Crippen LogP contribution < -0.4 is 20.1 Å². The lowest BCUT2D eigenvalue weighted by Crippen LogP contribution is -2.32. The van der Waals surface area contributed by atoms with Crippen LogP contribution >= 0.6 is 34.3 Å². The molecule has 17 heteroatoms. The number of hydrogen-bond acceptors (Lipinski definition) is 12. The Morgan fingerprint density at radius 1 is 0.723 bits per heavy atom. The fourth-order valence-electron chi connectivity index (χ4n) is 5.19. The quantitative estimate of drug-likeness (QED) is 0.136. The molecule has 0 aromatic carbocycles. The first-order valence-electron chi connectivity index (χ1n) is 15.0. The monoisotopic (exact) mass is 714 g/mol. The van der Waals surface area contributed by atoms with Crippen LogP contribution in [-0.4, -0.2) is 68.1 Å². The topological polar surface area (TPSA) is 120 Å². The van der Waals surface area contributed by atoms with E-state index in [1.54, 1.807) is 6.20 Å². The van der Waals surface area contributed by atoms with Gasteiger partial charge in [-0.2, -0.15) is 0 Å². The Morgan fingerprint density at radius 2 is 1.21 bits per heavy atom. The molecule has 0 saturated heterocycles. The predicted molar refractivity (Wildman–Crippen MR) is 176 cm³/mol. The van der Waals surface area contributed by atoms with Gasteiger partial charge < -0.3 is 20.1 Å². The zero-order valence-corrected chi connectivity index (χ0v) is 28.6. The molecular formula is C30H35ClF4N8O2S2. The molecule has 2 N–H and O–H groups in total. The van der Waals surface area contributed by atoms with Crippen molar-refractivity contribution in [1.82, 2.24) is 29.9 Å². The summed E-state index contributed by atoms with van der Waals surface area (Å²) in [6.45, 7) is 3.79. The Hall–Kier alpha value is -3.37. The lowest BCUT2D eigenvalue weighted by atomic mass is 9.92. The largest absolute Gasteiger partial charge is 0.491 e. The summed E-state index contributed by atoms with van der Waals surface area (Å²) in [4.78, 5) is 26.1. The van der Waals surface area contributed by atoms with Gasteiger partial charge in [0, 0.05) is 59.9 Å². The highest BCUT2D eigenvalue weighted by Crippen LogP contribution is 2.38. The molecule has 4 aromatic rings. The number of nitrogens with one attached hydrogen (secondary N) is 2. The molecule has 0 unspecified atom stereocenters. The maximum Gasteiger partial charge on any atom is 0.248 e. The first-order chi connectivity index (χ1) is 22.3.